The van der Waals surface area contributed by atoms with Crippen molar-refractivity contribution in [2.45, 2.75) is 36.8 Å². The number of hydrogen-bond acceptors (Lipinski definition) is 7. The van der Waals surface area contributed by atoms with Crippen LogP contribution in [0, 0.1) is 0 Å². The number of rotatable bonds is 11. The highest BCUT2D eigenvalue weighted by atomic mass is 32.2. The Bertz CT molecular complexity index is 1240. The molecule has 0 spiro atoms. The molecule has 0 aliphatic carbocycles. The zero-order chi connectivity index (χ0) is 26.1. The number of nitrogens with one attached hydrogen (secondary N) is 2. The number of carbonyl (C=O) groups is 4. The monoisotopic (exact) mass is 526 g/mol. The van der Waals surface area contributed by atoms with E-state index in [2.05, 4.69) is 10.6 Å². The summed E-state index contributed by atoms with van der Waals surface area (Å²) in [5.41, 5.74) is 2.38. The van der Waals surface area contributed by atoms with E-state index < -0.39 is 23.1 Å². The van der Waals surface area contributed by atoms with E-state index in [4.69, 9.17) is 9.84 Å². The maximum Gasteiger partial charge on any atom is 0.341 e. The summed E-state index contributed by atoms with van der Waals surface area (Å²) in [5.74, 6) is -2.23. The number of carboxylic acids is 1. The van der Waals surface area contributed by atoms with Gasteiger partial charge in [0.1, 0.15) is 10.6 Å². The molecule has 0 saturated carbocycles. The number of esters is 1. The number of hydrogen-bond donors (Lipinski definition) is 3. The zero-order valence-electron chi connectivity index (χ0n) is 19.8. The first-order valence-corrected chi connectivity index (χ1v) is 13.0. The summed E-state index contributed by atoms with van der Waals surface area (Å²) in [6, 6.07) is 16.4. The van der Waals surface area contributed by atoms with Crippen LogP contribution >= 0.6 is 23.1 Å². The summed E-state index contributed by atoms with van der Waals surface area (Å²) >= 11 is 2.55. The number of amides is 2. The van der Waals surface area contributed by atoms with Crippen molar-refractivity contribution in [3.05, 3.63) is 65.5 Å². The van der Waals surface area contributed by atoms with Gasteiger partial charge in [0, 0.05) is 27.9 Å². The van der Waals surface area contributed by atoms with Crippen LogP contribution in [0.4, 0.5) is 10.7 Å². The highest BCUT2D eigenvalue weighted by molar-refractivity contribution is 8.00. The molecule has 10 heteroatoms. The Morgan fingerprint density at radius 3 is 2.47 bits per heavy atom. The molecule has 36 heavy (non-hydrogen) atoms. The second kappa shape index (κ2) is 12.9. The average Bonchev–Trinajstić information content (AvgIpc) is 3.27. The van der Waals surface area contributed by atoms with Gasteiger partial charge in [-0.3, -0.25) is 14.4 Å². The molecule has 0 aliphatic rings. The molecule has 3 N–H and O–H groups in total. The van der Waals surface area contributed by atoms with Crippen molar-refractivity contribution < 1.29 is 29.0 Å². The number of carboxylic acid groups (broad SMARTS) is 1. The molecule has 8 nitrogen and oxygen atoms in total. The van der Waals surface area contributed by atoms with Crippen LogP contribution in [0.1, 0.15) is 37.0 Å². The van der Waals surface area contributed by atoms with Gasteiger partial charge in [0.15, 0.2) is 0 Å². The first kappa shape index (κ1) is 27.0. The number of anilines is 2. The number of benzene rings is 2. The van der Waals surface area contributed by atoms with E-state index in [9.17, 15) is 19.2 Å². The fourth-order valence-electron chi connectivity index (χ4n) is 3.25. The third-order valence-electron chi connectivity index (χ3n) is 4.96. The van der Waals surface area contributed by atoms with Crippen molar-refractivity contribution in [3.8, 4) is 11.1 Å². The molecule has 1 unspecified atom stereocenters. The third-order valence-corrected chi connectivity index (χ3v) is 6.95. The van der Waals surface area contributed by atoms with Gasteiger partial charge in [0.25, 0.3) is 0 Å². The van der Waals surface area contributed by atoms with Crippen molar-refractivity contribution >= 4 is 57.5 Å². The van der Waals surface area contributed by atoms with E-state index in [1.54, 1.807) is 32.0 Å². The summed E-state index contributed by atoms with van der Waals surface area (Å²) in [6.45, 7) is 3.69. The van der Waals surface area contributed by atoms with Crippen LogP contribution in [0.15, 0.2) is 64.9 Å². The topological polar surface area (TPSA) is 122 Å². The fourth-order valence-corrected chi connectivity index (χ4v) is 5.13. The van der Waals surface area contributed by atoms with Gasteiger partial charge in [0.2, 0.25) is 11.8 Å². The second-order valence-electron chi connectivity index (χ2n) is 7.66. The number of carbonyl (C=O) groups excluding carboxylic acids is 3. The maximum atomic E-state index is 13.0. The number of aliphatic carboxylic acids is 1. The van der Waals surface area contributed by atoms with Crippen LogP contribution in [0.25, 0.3) is 11.1 Å². The molecular formula is C26H26N2O6S2. The SMILES string of the molecule is CCOC(=O)c1c(-c2ccccc2)csc1NC(=O)C(C)Sc1cccc(NC(=O)CCC(=O)O)c1. The molecule has 0 aliphatic heterocycles. The quantitative estimate of drug-likeness (QED) is 0.222. The van der Waals surface area contributed by atoms with E-state index in [1.165, 1.54) is 23.1 Å². The maximum absolute atomic E-state index is 13.0. The highest BCUT2D eigenvalue weighted by Crippen LogP contribution is 2.37. The molecule has 2 aromatic carbocycles. The molecule has 0 saturated heterocycles. The standard InChI is InChI=1S/C26H26N2O6S2/c1-3-34-26(33)23-20(17-8-5-4-6-9-17)15-35-25(23)28-24(32)16(2)36-19-11-7-10-18(14-19)27-21(29)12-13-22(30)31/h4-11,14-16H,3,12-13H2,1-2H3,(H,27,29)(H,28,32)(H,30,31). The molecule has 188 valence electrons. The van der Waals surface area contributed by atoms with Gasteiger partial charge in [-0.25, -0.2) is 4.79 Å². The second-order valence-corrected chi connectivity index (χ2v) is 9.95. The third kappa shape index (κ3) is 7.43. The Balaban J connectivity index is 1.71. The van der Waals surface area contributed by atoms with Crippen LogP contribution in [0.5, 0.6) is 0 Å². The van der Waals surface area contributed by atoms with Gasteiger partial charge in [-0.05, 0) is 37.6 Å². The highest BCUT2D eigenvalue weighted by Gasteiger charge is 2.24. The summed E-state index contributed by atoms with van der Waals surface area (Å²) in [5, 5.41) is 16.0. The Hall–Kier alpha value is -3.63. The molecule has 2 amide bonds. The first-order valence-electron chi connectivity index (χ1n) is 11.2. The van der Waals surface area contributed by atoms with E-state index in [-0.39, 0.29) is 25.4 Å². The van der Waals surface area contributed by atoms with Gasteiger partial charge in [0.05, 0.1) is 18.3 Å². The normalized spacial score (nSPS) is 11.4. The Labute approximate surface area is 217 Å². The van der Waals surface area contributed by atoms with Gasteiger partial charge in [-0.2, -0.15) is 0 Å². The van der Waals surface area contributed by atoms with Crippen molar-refractivity contribution in [2.24, 2.45) is 0 Å². The summed E-state index contributed by atoms with van der Waals surface area (Å²) in [6.07, 6.45) is -0.375. The van der Waals surface area contributed by atoms with Crippen LogP contribution in [-0.4, -0.2) is 40.7 Å². The molecule has 0 fully saturated rings. The van der Waals surface area contributed by atoms with Gasteiger partial charge in [-0.1, -0.05) is 36.4 Å². The van der Waals surface area contributed by atoms with Crippen molar-refractivity contribution in [1.29, 1.82) is 0 Å². The Morgan fingerprint density at radius 2 is 1.78 bits per heavy atom. The molecule has 1 aromatic heterocycles. The predicted octanol–water partition coefficient (Wildman–Crippen LogP) is 5.51. The van der Waals surface area contributed by atoms with Gasteiger partial charge < -0.3 is 20.5 Å². The summed E-state index contributed by atoms with van der Waals surface area (Å²) < 4.78 is 5.25. The minimum atomic E-state index is -1.04. The van der Waals surface area contributed by atoms with E-state index in [1.807, 2.05) is 41.8 Å². The molecule has 0 bridgehead atoms. The van der Waals surface area contributed by atoms with Gasteiger partial charge >= 0.3 is 11.9 Å². The van der Waals surface area contributed by atoms with Crippen LogP contribution in [-0.2, 0) is 19.1 Å². The fraction of sp³-hybridized carbons (Fsp3) is 0.231. The van der Waals surface area contributed by atoms with E-state index in [0.717, 1.165) is 10.5 Å². The van der Waals surface area contributed by atoms with E-state index >= 15 is 0 Å². The average molecular weight is 527 g/mol. The minimum absolute atomic E-state index is 0.125. The van der Waals surface area contributed by atoms with Crippen LogP contribution in [0.2, 0.25) is 0 Å². The molecule has 3 rings (SSSR count). The molecule has 1 heterocycles. The summed E-state index contributed by atoms with van der Waals surface area (Å²) in [7, 11) is 0. The van der Waals surface area contributed by atoms with Crippen LogP contribution < -0.4 is 10.6 Å². The minimum Gasteiger partial charge on any atom is -0.481 e. The number of ether oxygens (including phenoxy) is 1. The zero-order valence-corrected chi connectivity index (χ0v) is 21.4. The van der Waals surface area contributed by atoms with Crippen molar-refractivity contribution in [2.75, 3.05) is 17.2 Å². The Kier molecular flexibility index (Phi) is 9.66. The predicted molar refractivity (Wildman–Crippen MR) is 142 cm³/mol. The summed E-state index contributed by atoms with van der Waals surface area (Å²) in [4.78, 5) is 49.0. The smallest absolute Gasteiger partial charge is 0.341 e. The van der Waals surface area contributed by atoms with Crippen molar-refractivity contribution in [1.82, 2.24) is 0 Å². The molecule has 1 atom stereocenters. The lowest BCUT2D eigenvalue weighted by molar-refractivity contribution is -0.138. The largest absolute Gasteiger partial charge is 0.481 e. The lowest BCUT2D eigenvalue weighted by Crippen LogP contribution is -2.23. The van der Waals surface area contributed by atoms with E-state index in [0.29, 0.717) is 21.8 Å². The lowest BCUT2D eigenvalue weighted by atomic mass is 10.0. The molecule has 0 radical (unpaired) electrons. The van der Waals surface area contributed by atoms with Gasteiger partial charge in [-0.15, -0.1) is 23.1 Å². The molecule has 3 aromatic rings. The lowest BCUT2D eigenvalue weighted by Gasteiger charge is -2.14. The first-order chi connectivity index (χ1) is 17.3. The van der Waals surface area contributed by atoms with Crippen molar-refractivity contribution in [3.63, 3.8) is 0 Å². The molecular weight excluding hydrogens is 500 g/mol. The van der Waals surface area contributed by atoms with Crippen LogP contribution in [0.3, 0.4) is 0 Å². The number of thiophene rings is 1. The Morgan fingerprint density at radius 1 is 1.03 bits per heavy atom. The number of thioether (sulfide) groups is 1.